The highest BCUT2D eigenvalue weighted by molar-refractivity contribution is 5.79. The molecule has 19 heavy (non-hydrogen) atoms. The van der Waals surface area contributed by atoms with E-state index in [1.807, 2.05) is 0 Å². The Morgan fingerprint density at radius 1 is 1.42 bits per heavy atom. The first-order chi connectivity index (χ1) is 8.98. The Hall–Kier alpha value is -0.650. The summed E-state index contributed by atoms with van der Waals surface area (Å²) in [7, 11) is 3.94. The molecule has 3 unspecified atom stereocenters. The van der Waals surface area contributed by atoms with Crippen LogP contribution in [0.5, 0.6) is 0 Å². The van der Waals surface area contributed by atoms with E-state index in [9.17, 15) is 9.90 Å². The Kier molecular flexibility index (Phi) is 4.48. The number of hydrogen-bond donors (Lipinski definition) is 2. The number of carboxylic acids is 1. The van der Waals surface area contributed by atoms with Gasteiger partial charge in [-0.3, -0.25) is 9.69 Å². The van der Waals surface area contributed by atoms with Gasteiger partial charge in [-0.2, -0.15) is 0 Å². The Balaban J connectivity index is 2.06. The molecule has 0 bridgehead atoms. The average Bonchev–Trinajstić information content (AvgIpc) is 2.38. The molecule has 0 aromatic carbocycles. The van der Waals surface area contributed by atoms with Crippen molar-refractivity contribution < 1.29 is 9.90 Å². The first-order valence-corrected chi connectivity index (χ1v) is 7.35. The van der Waals surface area contributed by atoms with Gasteiger partial charge in [0.05, 0.1) is 0 Å². The third-order valence-corrected chi connectivity index (χ3v) is 4.96. The van der Waals surface area contributed by atoms with E-state index in [0.29, 0.717) is 12.1 Å². The third-order valence-electron chi connectivity index (χ3n) is 4.96. The maximum atomic E-state index is 11.6. The van der Waals surface area contributed by atoms with Crippen molar-refractivity contribution in [2.24, 2.45) is 0 Å². The van der Waals surface area contributed by atoms with E-state index in [4.69, 9.17) is 0 Å². The monoisotopic (exact) mass is 269 g/mol. The topological polar surface area (TPSA) is 55.8 Å². The van der Waals surface area contributed by atoms with Crippen LogP contribution >= 0.6 is 0 Å². The number of rotatable bonds is 3. The molecule has 110 valence electrons. The second-order valence-corrected chi connectivity index (χ2v) is 6.24. The molecule has 0 radical (unpaired) electrons. The normalized spacial score (nSPS) is 38.3. The van der Waals surface area contributed by atoms with Crippen molar-refractivity contribution in [2.45, 2.75) is 50.2 Å². The summed E-state index contributed by atoms with van der Waals surface area (Å²) >= 11 is 0. The lowest BCUT2D eigenvalue weighted by Gasteiger charge is -2.47. The van der Waals surface area contributed by atoms with Crippen LogP contribution in [0.2, 0.25) is 0 Å². The first-order valence-electron chi connectivity index (χ1n) is 7.35. The van der Waals surface area contributed by atoms with Crippen LogP contribution < -0.4 is 5.32 Å². The molecular weight excluding hydrogens is 242 g/mol. The minimum Gasteiger partial charge on any atom is -0.480 e. The summed E-state index contributed by atoms with van der Waals surface area (Å²) in [5.74, 6) is -0.693. The van der Waals surface area contributed by atoms with Crippen LogP contribution in [-0.4, -0.2) is 72.2 Å². The molecule has 0 aromatic heterocycles. The van der Waals surface area contributed by atoms with Gasteiger partial charge in [0.1, 0.15) is 5.54 Å². The second-order valence-electron chi connectivity index (χ2n) is 6.24. The van der Waals surface area contributed by atoms with Crippen molar-refractivity contribution in [3.8, 4) is 0 Å². The van der Waals surface area contributed by atoms with Gasteiger partial charge < -0.3 is 15.3 Å². The molecule has 1 aliphatic carbocycles. The van der Waals surface area contributed by atoms with E-state index in [0.717, 1.165) is 45.3 Å². The summed E-state index contributed by atoms with van der Waals surface area (Å²) in [5.41, 5.74) is -0.716. The van der Waals surface area contributed by atoms with Crippen LogP contribution in [0, 0.1) is 0 Å². The molecule has 2 N–H and O–H groups in total. The zero-order valence-electron chi connectivity index (χ0n) is 12.4. The van der Waals surface area contributed by atoms with E-state index in [2.05, 4.69) is 29.1 Å². The van der Waals surface area contributed by atoms with Gasteiger partial charge in [0.15, 0.2) is 0 Å². The predicted octanol–water partition coefficient (Wildman–Crippen LogP) is 0.608. The number of hydrogen-bond acceptors (Lipinski definition) is 4. The first kappa shape index (κ1) is 14.8. The SMILES string of the molecule is CNC1(C(=O)O)CCCC(N2CCN(C)CC2C)C1. The summed E-state index contributed by atoms with van der Waals surface area (Å²) < 4.78 is 0. The van der Waals surface area contributed by atoms with E-state index < -0.39 is 11.5 Å². The molecule has 2 aliphatic rings. The molecule has 0 aromatic rings. The zero-order chi connectivity index (χ0) is 14.0. The lowest BCUT2D eigenvalue weighted by atomic mass is 9.78. The molecule has 5 heteroatoms. The highest BCUT2D eigenvalue weighted by Gasteiger charge is 2.44. The molecule has 3 atom stereocenters. The minimum atomic E-state index is -0.716. The Morgan fingerprint density at radius 3 is 2.74 bits per heavy atom. The summed E-state index contributed by atoms with van der Waals surface area (Å²) in [6.45, 7) is 5.48. The van der Waals surface area contributed by atoms with Crippen molar-refractivity contribution in [1.82, 2.24) is 15.1 Å². The largest absolute Gasteiger partial charge is 0.480 e. The number of nitrogens with zero attached hydrogens (tertiary/aromatic N) is 2. The van der Waals surface area contributed by atoms with Crippen LogP contribution in [-0.2, 0) is 4.79 Å². The van der Waals surface area contributed by atoms with E-state index in [1.165, 1.54) is 0 Å². The summed E-state index contributed by atoms with van der Waals surface area (Å²) in [4.78, 5) is 16.5. The molecule has 0 amide bonds. The van der Waals surface area contributed by atoms with Gasteiger partial charge in [0, 0.05) is 31.7 Å². The van der Waals surface area contributed by atoms with Crippen LogP contribution in [0.25, 0.3) is 0 Å². The smallest absolute Gasteiger partial charge is 0.323 e. The van der Waals surface area contributed by atoms with Gasteiger partial charge in [-0.15, -0.1) is 0 Å². The average molecular weight is 269 g/mol. The van der Waals surface area contributed by atoms with Gasteiger partial charge in [0.25, 0.3) is 0 Å². The third kappa shape index (κ3) is 2.93. The van der Waals surface area contributed by atoms with Crippen molar-refractivity contribution in [2.75, 3.05) is 33.7 Å². The summed E-state index contributed by atoms with van der Waals surface area (Å²) in [6.07, 6.45) is 3.60. The number of carbonyl (C=O) groups is 1. The zero-order valence-corrected chi connectivity index (χ0v) is 12.4. The van der Waals surface area contributed by atoms with Crippen LogP contribution in [0.1, 0.15) is 32.6 Å². The fourth-order valence-electron chi connectivity index (χ4n) is 3.75. The number of nitrogens with one attached hydrogen (secondary N) is 1. The van der Waals surface area contributed by atoms with Gasteiger partial charge in [-0.25, -0.2) is 0 Å². The highest BCUT2D eigenvalue weighted by Crippen LogP contribution is 2.33. The molecule has 2 fully saturated rings. The van der Waals surface area contributed by atoms with Crippen molar-refractivity contribution >= 4 is 5.97 Å². The standard InChI is InChI=1S/C14H27N3O2/c1-11-10-16(3)7-8-17(11)12-5-4-6-14(9-12,15-2)13(18)19/h11-12,15H,4-10H2,1-3H3,(H,18,19). The lowest BCUT2D eigenvalue weighted by Crippen LogP contribution is -2.61. The lowest BCUT2D eigenvalue weighted by molar-refractivity contribution is -0.147. The number of piperazine rings is 1. The molecule has 0 spiro atoms. The van der Waals surface area contributed by atoms with Gasteiger partial charge in [-0.1, -0.05) is 0 Å². The molecule has 1 aliphatic heterocycles. The molecule has 1 saturated heterocycles. The maximum Gasteiger partial charge on any atom is 0.323 e. The van der Waals surface area contributed by atoms with Gasteiger partial charge in [-0.05, 0) is 46.7 Å². The quantitative estimate of drug-likeness (QED) is 0.786. The van der Waals surface area contributed by atoms with E-state index in [-0.39, 0.29) is 0 Å². The predicted molar refractivity (Wildman–Crippen MR) is 75.3 cm³/mol. The van der Waals surface area contributed by atoms with Crippen LogP contribution in [0.15, 0.2) is 0 Å². The maximum absolute atomic E-state index is 11.6. The van der Waals surface area contributed by atoms with Crippen molar-refractivity contribution in [3.05, 3.63) is 0 Å². The minimum absolute atomic E-state index is 0.404. The molecule has 1 saturated carbocycles. The second kappa shape index (κ2) is 5.77. The van der Waals surface area contributed by atoms with Crippen LogP contribution in [0.3, 0.4) is 0 Å². The fraction of sp³-hybridized carbons (Fsp3) is 0.929. The van der Waals surface area contributed by atoms with Crippen molar-refractivity contribution in [1.29, 1.82) is 0 Å². The fourth-order valence-corrected chi connectivity index (χ4v) is 3.75. The number of carboxylic acid groups (broad SMARTS) is 1. The molecule has 1 heterocycles. The Morgan fingerprint density at radius 2 is 2.16 bits per heavy atom. The summed E-state index contributed by atoms with van der Waals surface area (Å²) in [6, 6.07) is 0.922. The van der Waals surface area contributed by atoms with E-state index >= 15 is 0 Å². The van der Waals surface area contributed by atoms with Crippen LogP contribution in [0.4, 0.5) is 0 Å². The molecule has 5 nitrogen and oxygen atoms in total. The molecule has 2 rings (SSSR count). The van der Waals surface area contributed by atoms with Gasteiger partial charge in [0.2, 0.25) is 0 Å². The molecular formula is C14H27N3O2. The van der Waals surface area contributed by atoms with Gasteiger partial charge >= 0.3 is 5.97 Å². The summed E-state index contributed by atoms with van der Waals surface area (Å²) in [5, 5.41) is 12.6. The number of aliphatic carboxylic acids is 1. The van der Waals surface area contributed by atoms with E-state index in [1.54, 1.807) is 7.05 Å². The Labute approximate surface area is 115 Å². The number of likely N-dealkylation sites (N-methyl/N-ethyl adjacent to an activating group) is 2. The Bertz CT molecular complexity index is 337. The highest BCUT2D eigenvalue weighted by atomic mass is 16.4. The van der Waals surface area contributed by atoms with Crippen molar-refractivity contribution in [3.63, 3.8) is 0 Å².